The van der Waals surface area contributed by atoms with E-state index < -0.39 is 0 Å². The molecule has 1 saturated heterocycles. The molecule has 2 heterocycles. The summed E-state index contributed by atoms with van der Waals surface area (Å²) in [4.78, 5) is 13.8. The van der Waals surface area contributed by atoms with Crippen molar-refractivity contribution in [2.75, 3.05) is 12.3 Å². The lowest BCUT2D eigenvalue weighted by Gasteiger charge is -2.21. The van der Waals surface area contributed by atoms with Crippen LogP contribution in [0.2, 0.25) is 0 Å². The molecule has 0 N–H and O–H groups in total. The Morgan fingerprint density at radius 1 is 1.30 bits per heavy atom. The molecule has 1 amide bonds. The molecule has 0 saturated carbocycles. The van der Waals surface area contributed by atoms with Gasteiger partial charge < -0.3 is 9.47 Å². The van der Waals surface area contributed by atoms with E-state index in [0.29, 0.717) is 5.75 Å². The van der Waals surface area contributed by atoms with Crippen molar-refractivity contribution in [2.45, 2.75) is 19.2 Å². The molecule has 1 unspecified atom stereocenters. The number of benzene rings is 1. The summed E-state index contributed by atoms with van der Waals surface area (Å²) in [5.74, 6) is 0.833. The lowest BCUT2D eigenvalue weighted by molar-refractivity contribution is -0.127. The van der Waals surface area contributed by atoms with E-state index in [9.17, 15) is 4.79 Å². The predicted molar refractivity (Wildman–Crippen MR) is 83.1 cm³/mol. The van der Waals surface area contributed by atoms with E-state index in [0.717, 1.165) is 6.54 Å². The summed E-state index contributed by atoms with van der Waals surface area (Å²) < 4.78 is 2.14. The average molecular weight is 286 g/mol. The molecule has 104 valence electrons. The maximum absolute atomic E-state index is 11.8. The third-order valence-electron chi connectivity index (χ3n) is 3.70. The van der Waals surface area contributed by atoms with Gasteiger partial charge in [-0.3, -0.25) is 4.79 Å². The zero-order chi connectivity index (χ0) is 14.1. The van der Waals surface area contributed by atoms with Crippen LogP contribution in [0.15, 0.2) is 42.7 Å². The highest BCUT2D eigenvalue weighted by Crippen LogP contribution is 2.38. The first kappa shape index (κ1) is 13.3. The lowest BCUT2D eigenvalue weighted by atomic mass is 10.2. The van der Waals surface area contributed by atoms with Crippen LogP contribution in [0, 0.1) is 6.92 Å². The Hall–Kier alpha value is -1.68. The molecule has 3 rings (SSSR count). The summed E-state index contributed by atoms with van der Waals surface area (Å²) in [5, 5.41) is 0.165. The summed E-state index contributed by atoms with van der Waals surface area (Å²) >= 11 is 1.71. The Labute approximate surface area is 123 Å². The topological polar surface area (TPSA) is 25.2 Å². The Balaban J connectivity index is 1.91. The average Bonchev–Trinajstić information content (AvgIpc) is 3.05. The van der Waals surface area contributed by atoms with Gasteiger partial charge in [-0.2, -0.15) is 0 Å². The predicted octanol–water partition coefficient (Wildman–Crippen LogP) is 3.38. The number of amides is 1. The number of hydrogen-bond donors (Lipinski definition) is 0. The first-order chi connectivity index (χ1) is 9.70. The standard InChI is InChI=1S/C16H18N2OS/c1-3-18-15(19)11-20-16(18)13-8-9-17(10-13)14-7-5-4-6-12(14)2/h4-10,16H,3,11H2,1-2H3. The van der Waals surface area contributed by atoms with Crippen molar-refractivity contribution in [3.63, 3.8) is 0 Å². The first-order valence-electron chi connectivity index (χ1n) is 6.85. The highest BCUT2D eigenvalue weighted by Gasteiger charge is 2.31. The maximum Gasteiger partial charge on any atom is 0.233 e. The summed E-state index contributed by atoms with van der Waals surface area (Å²) in [5.41, 5.74) is 3.64. The number of para-hydroxylation sites is 1. The van der Waals surface area contributed by atoms with Gasteiger partial charge in [-0.05, 0) is 31.5 Å². The van der Waals surface area contributed by atoms with E-state index in [4.69, 9.17) is 0 Å². The fourth-order valence-electron chi connectivity index (χ4n) is 2.63. The van der Waals surface area contributed by atoms with E-state index in [1.165, 1.54) is 16.8 Å². The van der Waals surface area contributed by atoms with E-state index in [2.05, 4.69) is 42.1 Å². The van der Waals surface area contributed by atoms with Crippen molar-refractivity contribution < 1.29 is 4.79 Å². The van der Waals surface area contributed by atoms with Crippen LogP contribution in [0.5, 0.6) is 0 Å². The summed E-state index contributed by atoms with van der Waals surface area (Å²) in [7, 11) is 0. The minimum Gasteiger partial charge on any atom is -0.326 e. The fraction of sp³-hybridized carbons (Fsp3) is 0.312. The molecule has 20 heavy (non-hydrogen) atoms. The van der Waals surface area contributed by atoms with E-state index >= 15 is 0 Å². The third kappa shape index (κ3) is 2.24. The largest absolute Gasteiger partial charge is 0.326 e. The van der Waals surface area contributed by atoms with Crippen LogP contribution in [0.3, 0.4) is 0 Å². The molecule has 0 spiro atoms. The van der Waals surface area contributed by atoms with Gasteiger partial charge in [0, 0.05) is 30.2 Å². The second-order valence-electron chi connectivity index (χ2n) is 4.98. The molecule has 1 fully saturated rings. The SMILES string of the molecule is CCN1C(=O)CSC1c1ccn(-c2ccccc2C)c1. The molecule has 1 atom stereocenters. The molecule has 3 nitrogen and oxygen atoms in total. The normalized spacial score (nSPS) is 18.8. The fourth-order valence-corrected chi connectivity index (χ4v) is 3.88. The van der Waals surface area contributed by atoms with Gasteiger partial charge in [-0.25, -0.2) is 0 Å². The number of hydrogen-bond acceptors (Lipinski definition) is 2. The Morgan fingerprint density at radius 3 is 2.85 bits per heavy atom. The monoisotopic (exact) mass is 286 g/mol. The van der Waals surface area contributed by atoms with Crippen LogP contribution in [0.1, 0.15) is 23.4 Å². The van der Waals surface area contributed by atoms with Gasteiger partial charge in [0.2, 0.25) is 5.91 Å². The van der Waals surface area contributed by atoms with Gasteiger partial charge in [-0.1, -0.05) is 18.2 Å². The molecule has 1 aromatic heterocycles. The van der Waals surface area contributed by atoms with Crippen LogP contribution >= 0.6 is 11.8 Å². The van der Waals surface area contributed by atoms with Crippen molar-refractivity contribution in [2.24, 2.45) is 0 Å². The first-order valence-corrected chi connectivity index (χ1v) is 7.90. The number of rotatable bonds is 3. The number of nitrogens with zero attached hydrogens (tertiary/aromatic N) is 2. The molecule has 2 aromatic rings. The highest BCUT2D eigenvalue weighted by molar-refractivity contribution is 8.00. The molecule has 1 aromatic carbocycles. The number of aromatic nitrogens is 1. The van der Waals surface area contributed by atoms with Gasteiger partial charge in [0.1, 0.15) is 5.37 Å². The van der Waals surface area contributed by atoms with Gasteiger partial charge in [0.15, 0.2) is 0 Å². The highest BCUT2D eigenvalue weighted by atomic mass is 32.2. The number of carbonyl (C=O) groups is 1. The zero-order valence-corrected chi connectivity index (χ0v) is 12.6. The minimum atomic E-state index is 0.165. The van der Waals surface area contributed by atoms with Gasteiger partial charge >= 0.3 is 0 Å². The number of thioether (sulfide) groups is 1. The Kier molecular flexibility index (Phi) is 3.57. The lowest BCUT2D eigenvalue weighted by Crippen LogP contribution is -2.27. The van der Waals surface area contributed by atoms with E-state index in [1.807, 2.05) is 24.0 Å². The summed E-state index contributed by atoms with van der Waals surface area (Å²) in [6.07, 6.45) is 4.22. The van der Waals surface area contributed by atoms with Gasteiger partial charge in [-0.15, -0.1) is 11.8 Å². The number of aryl methyl sites for hydroxylation is 1. The third-order valence-corrected chi connectivity index (χ3v) is 4.96. The van der Waals surface area contributed by atoms with Crippen LogP contribution in [0.25, 0.3) is 5.69 Å². The second-order valence-corrected chi connectivity index (χ2v) is 6.05. The van der Waals surface area contributed by atoms with Crippen LogP contribution in [0.4, 0.5) is 0 Å². The van der Waals surface area contributed by atoms with Crippen molar-refractivity contribution in [1.82, 2.24) is 9.47 Å². The molecular weight excluding hydrogens is 268 g/mol. The molecule has 0 radical (unpaired) electrons. The van der Waals surface area contributed by atoms with Crippen LogP contribution < -0.4 is 0 Å². The molecule has 0 aliphatic carbocycles. The molecular formula is C16H18N2OS. The van der Waals surface area contributed by atoms with Crippen molar-refractivity contribution in [1.29, 1.82) is 0 Å². The smallest absolute Gasteiger partial charge is 0.233 e. The van der Waals surface area contributed by atoms with Crippen LogP contribution in [-0.2, 0) is 4.79 Å². The van der Waals surface area contributed by atoms with Crippen LogP contribution in [-0.4, -0.2) is 27.7 Å². The molecule has 4 heteroatoms. The van der Waals surface area contributed by atoms with E-state index in [1.54, 1.807) is 11.8 Å². The maximum atomic E-state index is 11.8. The molecule has 1 aliphatic heterocycles. The summed E-state index contributed by atoms with van der Waals surface area (Å²) in [6, 6.07) is 10.4. The molecule has 1 aliphatic rings. The van der Waals surface area contributed by atoms with E-state index in [-0.39, 0.29) is 11.3 Å². The van der Waals surface area contributed by atoms with Gasteiger partial charge in [0.05, 0.1) is 5.75 Å². The van der Waals surface area contributed by atoms with Crippen molar-refractivity contribution >= 4 is 17.7 Å². The minimum absolute atomic E-state index is 0.165. The van der Waals surface area contributed by atoms with Crippen molar-refractivity contribution in [3.05, 3.63) is 53.9 Å². The Bertz CT molecular complexity index is 635. The summed E-state index contributed by atoms with van der Waals surface area (Å²) in [6.45, 7) is 4.92. The van der Waals surface area contributed by atoms with Crippen molar-refractivity contribution in [3.8, 4) is 5.69 Å². The Morgan fingerprint density at radius 2 is 2.10 bits per heavy atom. The van der Waals surface area contributed by atoms with Gasteiger partial charge in [0.25, 0.3) is 0 Å². The quantitative estimate of drug-likeness (QED) is 0.864. The zero-order valence-electron chi connectivity index (χ0n) is 11.7. The second kappa shape index (κ2) is 5.37. The molecule has 0 bridgehead atoms. The number of carbonyl (C=O) groups excluding carboxylic acids is 1.